The van der Waals surface area contributed by atoms with Gasteiger partial charge < -0.3 is 20.5 Å². The summed E-state index contributed by atoms with van der Waals surface area (Å²) in [6, 6.07) is 9.13. The highest BCUT2D eigenvalue weighted by Gasteiger charge is 2.59. The molecule has 2 fully saturated rings. The second kappa shape index (κ2) is 6.89. The van der Waals surface area contributed by atoms with Crippen molar-refractivity contribution in [1.29, 1.82) is 0 Å². The first-order valence-electron chi connectivity index (χ1n) is 8.54. The lowest BCUT2D eigenvalue weighted by Crippen LogP contribution is -2.68. The molecule has 23 heavy (non-hydrogen) atoms. The van der Waals surface area contributed by atoms with E-state index in [9.17, 15) is 9.90 Å². The lowest BCUT2D eigenvalue weighted by atomic mass is 9.51. The van der Waals surface area contributed by atoms with Crippen LogP contribution in [-0.2, 0) is 4.74 Å². The SMILES string of the molecule is CCOC1CC(NC(=O)NC(CO)c2ccccc2)C12CCC2. The first-order valence-corrected chi connectivity index (χ1v) is 8.54. The summed E-state index contributed by atoms with van der Waals surface area (Å²) in [6.07, 6.45) is 4.65. The molecule has 0 heterocycles. The maximum atomic E-state index is 12.3. The molecule has 2 amide bonds. The monoisotopic (exact) mass is 318 g/mol. The van der Waals surface area contributed by atoms with Gasteiger partial charge in [-0.15, -0.1) is 0 Å². The van der Waals surface area contributed by atoms with Crippen molar-refractivity contribution in [2.24, 2.45) is 5.41 Å². The zero-order chi connectivity index (χ0) is 16.3. The Kier molecular flexibility index (Phi) is 4.87. The highest BCUT2D eigenvalue weighted by molar-refractivity contribution is 5.75. The molecule has 2 saturated carbocycles. The molecule has 1 spiro atoms. The molecular weight excluding hydrogens is 292 g/mol. The summed E-state index contributed by atoms with van der Waals surface area (Å²) >= 11 is 0. The van der Waals surface area contributed by atoms with E-state index in [-0.39, 0.29) is 36.2 Å². The van der Waals surface area contributed by atoms with Gasteiger partial charge in [0.1, 0.15) is 0 Å². The Balaban J connectivity index is 1.55. The molecule has 3 N–H and O–H groups in total. The van der Waals surface area contributed by atoms with E-state index in [1.807, 2.05) is 37.3 Å². The molecule has 3 atom stereocenters. The maximum Gasteiger partial charge on any atom is 0.315 e. The van der Waals surface area contributed by atoms with Crippen molar-refractivity contribution in [3.05, 3.63) is 35.9 Å². The van der Waals surface area contributed by atoms with Crippen LogP contribution in [0.3, 0.4) is 0 Å². The van der Waals surface area contributed by atoms with Crippen LogP contribution in [0, 0.1) is 5.41 Å². The van der Waals surface area contributed by atoms with Gasteiger partial charge in [0.25, 0.3) is 0 Å². The first-order chi connectivity index (χ1) is 11.2. The summed E-state index contributed by atoms with van der Waals surface area (Å²) in [7, 11) is 0. The standard InChI is InChI=1S/C18H26N2O3/c1-2-23-16-11-15(18(16)9-6-10-18)20-17(22)19-14(12-21)13-7-4-3-5-8-13/h3-5,7-8,14-16,21H,2,6,9-12H2,1H3,(H2,19,20,22). The average Bonchev–Trinajstić information content (AvgIpc) is 2.50. The van der Waals surface area contributed by atoms with Gasteiger partial charge in [-0.05, 0) is 31.7 Å². The van der Waals surface area contributed by atoms with Crippen molar-refractivity contribution in [3.63, 3.8) is 0 Å². The van der Waals surface area contributed by atoms with E-state index >= 15 is 0 Å². The minimum Gasteiger partial charge on any atom is -0.394 e. The molecule has 0 radical (unpaired) electrons. The predicted octanol–water partition coefficient (Wildman–Crippen LogP) is 2.37. The van der Waals surface area contributed by atoms with Gasteiger partial charge >= 0.3 is 6.03 Å². The number of amides is 2. The highest BCUT2D eigenvalue weighted by Crippen LogP contribution is 2.57. The number of hydrogen-bond donors (Lipinski definition) is 3. The van der Waals surface area contributed by atoms with E-state index in [0.717, 1.165) is 31.4 Å². The number of nitrogens with one attached hydrogen (secondary N) is 2. The normalized spacial score (nSPS) is 26.0. The van der Waals surface area contributed by atoms with Gasteiger partial charge in [0.05, 0.1) is 18.8 Å². The van der Waals surface area contributed by atoms with E-state index in [4.69, 9.17) is 4.74 Å². The summed E-state index contributed by atoms with van der Waals surface area (Å²) in [6.45, 7) is 2.63. The van der Waals surface area contributed by atoms with E-state index in [2.05, 4.69) is 10.6 Å². The average molecular weight is 318 g/mol. The number of aliphatic hydroxyl groups is 1. The third-order valence-corrected chi connectivity index (χ3v) is 5.43. The largest absolute Gasteiger partial charge is 0.394 e. The van der Waals surface area contributed by atoms with Gasteiger partial charge in [-0.2, -0.15) is 0 Å². The lowest BCUT2D eigenvalue weighted by molar-refractivity contribution is -0.169. The fraction of sp³-hybridized carbons (Fsp3) is 0.611. The minimum absolute atomic E-state index is 0.116. The number of aliphatic hydroxyl groups excluding tert-OH is 1. The predicted molar refractivity (Wildman–Crippen MR) is 88.0 cm³/mol. The summed E-state index contributed by atoms with van der Waals surface area (Å²) in [4.78, 5) is 12.3. The molecule has 5 heteroatoms. The Morgan fingerprint density at radius 3 is 2.70 bits per heavy atom. The van der Waals surface area contributed by atoms with Gasteiger partial charge in [-0.3, -0.25) is 0 Å². The van der Waals surface area contributed by atoms with Crippen LogP contribution >= 0.6 is 0 Å². The molecule has 1 aromatic rings. The van der Waals surface area contributed by atoms with Gasteiger partial charge in [-0.1, -0.05) is 36.8 Å². The number of carbonyl (C=O) groups excluding carboxylic acids is 1. The fourth-order valence-electron chi connectivity index (χ4n) is 3.92. The number of carbonyl (C=O) groups is 1. The fourth-order valence-corrected chi connectivity index (χ4v) is 3.92. The molecule has 3 unspecified atom stereocenters. The zero-order valence-electron chi connectivity index (χ0n) is 13.6. The van der Waals surface area contributed by atoms with Gasteiger partial charge in [-0.25, -0.2) is 4.79 Å². The topological polar surface area (TPSA) is 70.6 Å². The molecule has 0 bridgehead atoms. The van der Waals surface area contributed by atoms with Gasteiger partial charge in [0.15, 0.2) is 0 Å². The third kappa shape index (κ3) is 3.08. The highest BCUT2D eigenvalue weighted by atomic mass is 16.5. The summed E-state index contributed by atoms with van der Waals surface area (Å²) in [5.41, 5.74) is 1.05. The molecule has 2 aliphatic rings. The van der Waals surface area contributed by atoms with E-state index in [1.54, 1.807) is 0 Å². The summed E-state index contributed by atoms with van der Waals surface area (Å²) in [5.74, 6) is 0. The van der Waals surface area contributed by atoms with E-state index in [0.29, 0.717) is 0 Å². The van der Waals surface area contributed by atoms with Crippen LogP contribution in [0.4, 0.5) is 4.79 Å². The molecule has 5 nitrogen and oxygen atoms in total. The minimum atomic E-state index is -0.378. The van der Waals surface area contributed by atoms with Crippen LogP contribution in [0.25, 0.3) is 0 Å². The van der Waals surface area contributed by atoms with Gasteiger partial charge in [0, 0.05) is 18.1 Å². The third-order valence-electron chi connectivity index (χ3n) is 5.43. The van der Waals surface area contributed by atoms with Crippen LogP contribution < -0.4 is 10.6 Å². The van der Waals surface area contributed by atoms with Crippen molar-refractivity contribution in [2.45, 2.75) is 50.8 Å². The van der Waals surface area contributed by atoms with Crippen LogP contribution in [0.5, 0.6) is 0 Å². The molecular formula is C18H26N2O3. The number of benzene rings is 1. The lowest BCUT2D eigenvalue weighted by Gasteiger charge is -2.60. The number of rotatable bonds is 6. The van der Waals surface area contributed by atoms with Crippen LogP contribution in [0.15, 0.2) is 30.3 Å². The molecule has 3 rings (SSSR count). The Labute approximate surface area is 137 Å². The van der Waals surface area contributed by atoms with E-state index in [1.165, 1.54) is 6.42 Å². The van der Waals surface area contributed by atoms with Crippen LogP contribution in [0.1, 0.15) is 44.2 Å². The molecule has 2 aliphatic carbocycles. The molecule has 126 valence electrons. The molecule has 0 saturated heterocycles. The van der Waals surface area contributed by atoms with Gasteiger partial charge in [0.2, 0.25) is 0 Å². The Morgan fingerprint density at radius 2 is 2.13 bits per heavy atom. The second-order valence-corrected chi connectivity index (χ2v) is 6.58. The number of ether oxygens (including phenoxy) is 1. The Bertz CT molecular complexity index is 530. The second-order valence-electron chi connectivity index (χ2n) is 6.58. The summed E-state index contributed by atoms with van der Waals surface area (Å²) < 4.78 is 5.81. The van der Waals surface area contributed by atoms with Crippen molar-refractivity contribution in [1.82, 2.24) is 10.6 Å². The van der Waals surface area contributed by atoms with Crippen molar-refractivity contribution in [2.75, 3.05) is 13.2 Å². The first kappa shape index (κ1) is 16.3. The smallest absolute Gasteiger partial charge is 0.315 e. The van der Waals surface area contributed by atoms with Crippen molar-refractivity contribution >= 4 is 6.03 Å². The van der Waals surface area contributed by atoms with Crippen molar-refractivity contribution < 1.29 is 14.6 Å². The molecule has 1 aromatic carbocycles. The Hall–Kier alpha value is -1.59. The quantitative estimate of drug-likeness (QED) is 0.754. The maximum absolute atomic E-state index is 12.3. The summed E-state index contributed by atoms with van der Waals surface area (Å²) in [5, 5.41) is 15.5. The Morgan fingerprint density at radius 1 is 1.39 bits per heavy atom. The molecule has 0 aromatic heterocycles. The zero-order valence-corrected chi connectivity index (χ0v) is 13.6. The number of hydrogen-bond acceptors (Lipinski definition) is 3. The molecule has 0 aliphatic heterocycles. The van der Waals surface area contributed by atoms with Crippen LogP contribution in [-0.4, -0.2) is 36.5 Å². The number of urea groups is 1. The van der Waals surface area contributed by atoms with Crippen LogP contribution in [0.2, 0.25) is 0 Å². The van der Waals surface area contributed by atoms with E-state index < -0.39 is 0 Å². The van der Waals surface area contributed by atoms with Crippen molar-refractivity contribution in [3.8, 4) is 0 Å².